The standard InChI is InChI=1S/C29H28Cl2F3N3O3/c1-18(38)35-16-28(39)37-12-11-26(24(17-37)19-5-3-2-4-6-19)36-15-21-13-20(7-10-27(21)40-29(32,33)34)23-9-8-22(30)14-25(23)31/h2-10,13-14,24,26,36H,11-12,15-17H2,1H3,(H,35,38)/t24-,26-/m0/s1. The second kappa shape index (κ2) is 12.9. The largest absolute Gasteiger partial charge is 0.573 e. The SMILES string of the molecule is CC(=O)NCC(=O)N1CC[C@H](NCc2cc(-c3ccc(Cl)cc3Cl)ccc2OC(F)(F)F)[C@H](c2ccccc2)C1. The highest BCUT2D eigenvalue weighted by molar-refractivity contribution is 6.36. The Morgan fingerprint density at radius 2 is 1.80 bits per heavy atom. The van der Waals surface area contributed by atoms with E-state index in [9.17, 15) is 22.8 Å². The van der Waals surface area contributed by atoms with Crippen molar-refractivity contribution in [2.45, 2.75) is 38.2 Å². The van der Waals surface area contributed by atoms with Crippen LogP contribution in [0.15, 0.2) is 66.7 Å². The van der Waals surface area contributed by atoms with Crippen LogP contribution >= 0.6 is 23.2 Å². The zero-order valence-corrected chi connectivity index (χ0v) is 23.1. The number of ether oxygens (including phenoxy) is 1. The highest BCUT2D eigenvalue weighted by Gasteiger charge is 2.34. The predicted molar refractivity (Wildman–Crippen MR) is 148 cm³/mol. The van der Waals surface area contributed by atoms with Gasteiger partial charge in [0, 0.05) is 59.7 Å². The Kier molecular flexibility index (Phi) is 9.60. The third-order valence-corrected chi connectivity index (χ3v) is 7.31. The summed E-state index contributed by atoms with van der Waals surface area (Å²) < 4.78 is 44.0. The highest BCUT2D eigenvalue weighted by atomic mass is 35.5. The summed E-state index contributed by atoms with van der Waals surface area (Å²) in [5, 5.41) is 6.77. The molecule has 2 N–H and O–H groups in total. The molecule has 0 bridgehead atoms. The minimum atomic E-state index is -4.86. The molecule has 212 valence electrons. The monoisotopic (exact) mass is 593 g/mol. The lowest BCUT2D eigenvalue weighted by Crippen LogP contribution is -2.51. The molecule has 1 heterocycles. The Bertz CT molecular complexity index is 1360. The van der Waals surface area contributed by atoms with Crippen LogP contribution in [0, 0.1) is 0 Å². The van der Waals surface area contributed by atoms with Crippen molar-refractivity contribution in [3.63, 3.8) is 0 Å². The summed E-state index contributed by atoms with van der Waals surface area (Å²) in [6.45, 7) is 2.17. The summed E-state index contributed by atoms with van der Waals surface area (Å²) in [6, 6.07) is 18.8. The maximum Gasteiger partial charge on any atom is 0.573 e. The molecule has 0 aromatic heterocycles. The van der Waals surface area contributed by atoms with Gasteiger partial charge in [0.25, 0.3) is 0 Å². The lowest BCUT2D eigenvalue weighted by atomic mass is 9.85. The molecule has 0 spiro atoms. The fraction of sp³-hybridized carbons (Fsp3) is 0.310. The lowest BCUT2D eigenvalue weighted by Gasteiger charge is -2.39. The van der Waals surface area contributed by atoms with Gasteiger partial charge >= 0.3 is 6.36 Å². The first-order chi connectivity index (χ1) is 19.0. The van der Waals surface area contributed by atoms with Crippen LogP contribution < -0.4 is 15.4 Å². The van der Waals surface area contributed by atoms with Gasteiger partial charge in [0.1, 0.15) is 5.75 Å². The molecule has 2 amide bonds. The summed E-state index contributed by atoms with van der Waals surface area (Å²) in [4.78, 5) is 25.7. The van der Waals surface area contributed by atoms with E-state index in [1.165, 1.54) is 19.1 Å². The Balaban J connectivity index is 1.58. The second-order valence-corrected chi connectivity index (χ2v) is 10.4. The van der Waals surface area contributed by atoms with E-state index in [1.807, 2.05) is 30.3 Å². The topological polar surface area (TPSA) is 70.7 Å². The van der Waals surface area contributed by atoms with E-state index in [0.29, 0.717) is 46.2 Å². The van der Waals surface area contributed by atoms with Gasteiger partial charge < -0.3 is 20.3 Å². The van der Waals surface area contributed by atoms with Gasteiger partial charge in [-0.25, -0.2) is 0 Å². The van der Waals surface area contributed by atoms with Crippen LogP contribution in [0.5, 0.6) is 5.75 Å². The quantitative estimate of drug-likeness (QED) is 0.328. The molecule has 3 aromatic carbocycles. The molecule has 3 aromatic rings. The van der Waals surface area contributed by atoms with Crippen molar-refractivity contribution in [1.82, 2.24) is 15.5 Å². The number of nitrogens with one attached hydrogen (secondary N) is 2. The number of alkyl halides is 3. The van der Waals surface area contributed by atoms with E-state index in [4.69, 9.17) is 23.2 Å². The Hall–Kier alpha value is -3.27. The third-order valence-electron chi connectivity index (χ3n) is 6.76. The van der Waals surface area contributed by atoms with Gasteiger partial charge in [-0.1, -0.05) is 65.7 Å². The van der Waals surface area contributed by atoms with Gasteiger partial charge in [-0.2, -0.15) is 0 Å². The first-order valence-electron chi connectivity index (χ1n) is 12.6. The number of rotatable bonds is 8. The normalized spacial score (nSPS) is 17.4. The fourth-order valence-electron chi connectivity index (χ4n) is 4.85. The molecule has 1 fully saturated rings. The van der Waals surface area contributed by atoms with Gasteiger partial charge in [-0.3, -0.25) is 9.59 Å². The number of carbonyl (C=O) groups is 2. The molecule has 40 heavy (non-hydrogen) atoms. The van der Waals surface area contributed by atoms with Crippen LogP contribution in [-0.2, 0) is 16.1 Å². The van der Waals surface area contributed by atoms with Crippen molar-refractivity contribution in [3.8, 4) is 16.9 Å². The molecular formula is C29H28Cl2F3N3O3. The van der Waals surface area contributed by atoms with Crippen molar-refractivity contribution in [3.05, 3.63) is 87.9 Å². The van der Waals surface area contributed by atoms with Crippen LogP contribution in [0.3, 0.4) is 0 Å². The molecule has 0 unspecified atom stereocenters. The third kappa shape index (κ3) is 7.90. The van der Waals surface area contributed by atoms with Crippen LogP contribution in [-0.4, -0.2) is 48.8 Å². The summed E-state index contributed by atoms with van der Waals surface area (Å²) >= 11 is 12.4. The number of piperidine rings is 1. The van der Waals surface area contributed by atoms with Crippen molar-refractivity contribution in [2.75, 3.05) is 19.6 Å². The molecule has 1 aliphatic rings. The number of hydrogen-bond acceptors (Lipinski definition) is 4. The van der Waals surface area contributed by atoms with Crippen LogP contribution in [0.25, 0.3) is 11.1 Å². The molecule has 0 radical (unpaired) electrons. The van der Waals surface area contributed by atoms with E-state index in [2.05, 4.69) is 15.4 Å². The summed E-state index contributed by atoms with van der Waals surface area (Å²) in [5.41, 5.74) is 2.53. The summed E-state index contributed by atoms with van der Waals surface area (Å²) in [5.74, 6) is -0.920. The molecule has 1 saturated heterocycles. The zero-order valence-electron chi connectivity index (χ0n) is 21.6. The van der Waals surface area contributed by atoms with Crippen LogP contribution in [0.4, 0.5) is 13.2 Å². The van der Waals surface area contributed by atoms with Crippen molar-refractivity contribution in [2.24, 2.45) is 0 Å². The highest BCUT2D eigenvalue weighted by Crippen LogP contribution is 2.35. The Morgan fingerprint density at radius 1 is 1.05 bits per heavy atom. The van der Waals surface area contributed by atoms with E-state index in [-0.39, 0.29) is 42.6 Å². The second-order valence-electron chi connectivity index (χ2n) is 9.54. The van der Waals surface area contributed by atoms with Gasteiger partial charge in [0.15, 0.2) is 0 Å². The molecule has 0 saturated carbocycles. The number of carbonyl (C=O) groups excluding carboxylic acids is 2. The number of hydrogen-bond donors (Lipinski definition) is 2. The van der Waals surface area contributed by atoms with Crippen molar-refractivity contribution < 1.29 is 27.5 Å². The molecule has 2 atom stereocenters. The molecule has 6 nitrogen and oxygen atoms in total. The van der Waals surface area contributed by atoms with Crippen molar-refractivity contribution >= 4 is 35.0 Å². The first-order valence-corrected chi connectivity index (χ1v) is 13.4. The molecular weight excluding hydrogens is 566 g/mol. The molecule has 4 rings (SSSR count). The molecule has 0 aliphatic carbocycles. The number of benzene rings is 3. The summed E-state index contributed by atoms with van der Waals surface area (Å²) in [7, 11) is 0. The van der Waals surface area contributed by atoms with Gasteiger partial charge in [-0.15, -0.1) is 13.2 Å². The molecule has 11 heteroatoms. The van der Waals surface area contributed by atoms with Crippen LogP contribution in [0.1, 0.15) is 30.4 Å². The van der Waals surface area contributed by atoms with Crippen molar-refractivity contribution in [1.29, 1.82) is 0 Å². The minimum absolute atomic E-state index is 0.0816. The van der Waals surface area contributed by atoms with E-state index < -0.39 is 6.36 Å². The maximum absolute atomic E-state index is 13.2. The Labute approximate surface area is 240 Å². The average Bonchev–Trinajstić information content (AvgIpc) is 2.91. The number of halogens is 5. The fourth-order valence-corrected chi connectivity index (χ4v) is 5.36. The number of likely N-dealkylation sites (tertiary alicyclic amines) is 1. The maximum atomic E-state index is 13.2. The number of amides is 2. The van der Waals surface area contributed by atoms with Crippen LogP contribution in [0.2, 0.25) is 10.0 Å². The van der Waals surface area contributed by atoms with Gasteiger partial charge in [0.05, 0.1) is 6.54 Å². The van der Waals surface area contributed by atoms with Gasteiger partial charge in [0.2, 0.25) is 11.8 Å². The van der Waals surface area contributed by atoms with Gasteiger partial charge in [-0.05, 0) is 41.8 Å². The number of nitrogens with zero attached hydrogens (tertiary/aromatic N) is 1. The van der Waals surface area contributed by atoms with E-state index in [0.717, 1.165) is 5.56 Å². The first kappa shape index (κ1) is 29.7. The smallest absolute Gasteiger partial charge is 0.405 e. The van der Waals surface area contributed by atoms with E-state index in [1.54, 1.807) is 29.2 Å². The minimum Gasteiger partial charge on any atom is -0.405 e. The average molecular weight is 594 g/mol. The Morgan fingerprint density at radius 3 is 2.48 bits per heavy atom. The molecule has 1 aliphatic heterocycles. The van der Waals surface area contributed by atoms with E-state index >= 15 is 0 Å². The predicted octanol–water partition coefficient (Wildman–Crippen LogP) is 6.17. The lowest BCUT2D eigenvalue weighted by molar-refractivity contribution is -0.274. The zero-order chi connectivity index (χ0) is 28.9. The summed E-state index contributed by atoms with van der Waals surface area (Å²) in [6.07, 6.45) is -4.30.